The summed E-state index contributed by atoms with van der Waals surface area (Å²) in [5.74, 6) is 0. The number of piperazine rings is 2. The quantitative estimate of drug-likeness (QED) is 0.448. The molecule has 2 fully saturated rings. The number of hydrogen-bond acceptors (Lipinski definition) is 8. The van der Waals surface area contributed by atoms with Crippen LogP contribution < -0.4 is 16.4 Å². The van der Waals surface area contributed by atoms with Crippen LogP contribution in [0.1, 0.15) is 0 Å². The molecule has 2 saturated heterocycles. The van der Waals surface area contributed by atoms with Crippen molar-refractivity contribution in [3.8, 4) is 0 Å². The maximum Gasteiger partial charge on any atom is 0.150 e. The third-order valence-electron chi connectivity index (χ3n) is 4.00. The number of rotatable bonds is 2. The Hall–Kier alpha value is 0.320. The van der Waals surface area contributed by atoms with Crippen LogP contribution in [0.4, 0.5) is 0 Å². The molecule has 0 aromatic heterocycles. The van der Waals surface area contributed by atoms with Crippen LogP contribution in [0.15, 0.2) is 0 Å². The van der Waals surface area contributed by atoms with Gasteiger partial charge in [-0.1, -0.05) is 24.4 Å². The van der Waals surface area contributed by atoms with Gasteiger partial charge in [-0.15, -0.1) is 0 Å². The lowest BCUT2D eigenvalue weighted by Gasteiger charge is -2.49. The second kappa shape index (κ2) is 8.97. The molecule has 126 valence electrons. The summed E-state index contributed by atoms with van der Waals surface area (Å²) in [5, 5.41) is 6.94. The van der Waals surface area contributed by atoms with Crippen LogP contribution in [0.2, 0.25) is 0 Å². The standard InChI is InChI=1S/C12H24N6S4/c1-16-5-3-14-7-9(16)18(12(20)22-21-11(13)19)10-8-15-4-6-17(10)2/h9-10,14-15H,3-8H2,1-2H3,(H2,13,19). The molecule has 2 unspecified atom stereocenters. The summed E-state index contributed by atoms with van der Waals surface area (Å²) in [4.78, 5) is 7.04. The topological polar surface area (TPSA) is 59.8 Å². The normalized spacial score (nSPS) is 27.5. The number of nitrogens with two attached hydrogens (primary N) is 1. The minimum Gasteiger partial charge on any atom is -0.384 e. The van der Waals surface area contributed by atoms with E-state index >= 15 is 0 Å². The largest absolute Gasteiger partial charge is 0.384 e. The van der Waals surface area contributed by atoms with Crippen molar-refractivity contribution >= 4 is 54.7 Å². The fraction of sp³-hybridized carbons (Fsp3) is 0.833. The highest BCUT2D eigenvalue weighted by Crippen LogP contribution is 2.29. The lowest BCUT2D eigenvalue weighted by Crippen LogP contribution is -2.67. The Balaban J connectivity index is 2.15. The smallest absolute Gasteiger partial charge is 0.150 e. The molecular formula is C12H24N6S4. The highest BCUT2D eigenvalue weighted by molar-refractivity contribution is 8.89. The predicted octanol–water partition coefficient (Wildman–Crippen LogP) is -0.0795. The van der Waals surface area contributed by atoms with Crippen molar-refractivity contribution in [2.45, 2.75) is 12.3 Å². The molecule has 0 amide bonds. The Morgan fingerprint density at radius 2 is 1.55 bits per heavy atom. The third-order valence-corrected chi connectivity index (χ3v) is 7.21. The highest BCUT2D eigenvalue weighted by atomic mass is 33.1. The predicted molar refractivity (Wildman–Crippen MR) is 105 cm³/mol. The van der Waals surface area contributed by atoms with Crippen molar-refractivity contribution < 1.29 is 0 Å². The summed E-state index contributed by atoms with van der Waals surface area (Å²) < 4.78 is 1.25. The molecule has 22 heavy (non-hydrogen) atoms. The summed E-state index contributed by atoms with van der Waals surface area (Å²) in [6.07, 6.45) is 0.487. The highest BCUT2D eigenvalue weighted by Gasteiger charge is 2.35. The van der Waals surface area contributed by atoms with Crippen molar-refractivity contribution in [1.82, 2.24) is 25.3 Å². The number of thiocarbonyl (C=S) groups is 2. The molecule has 0 aromatic carbocycles. The zero-order chi connectivity index (χ0) is 16.1. The van der Waals surface area contributed by atoms with Crippen molar-refractivity contribution in [2.75, 3.05) is 53.4 Å². The summed E-state index contributed by atoms with van der Waals surface area (Å²) in [6, 6.07) is 0. The van der Waals surface area contributed by atoms with Crippen molar-refractivity contribution in [3.63, 3.8) is 0 Å². The van der Waals surface area contributed by atoms with E-state index in [0.717, 1.165) is 43.6 Å². The molecular weight excluding hydrogens is 356 g/mol. The number of nitrogens with one attached hydrogen (secondary N) is 2. The van der Waals surface area contributed by atoms with Crippen molar-refractivity contribution in [1.29, 1.82) is 0 Å². The molecule has 4 N–H and O–H groups in total. The van der Waals surface area contributed by atoms with Crippen LogP contribution in [0.25, 0.3) is 0 Å². The average molecular weight is 381 g/mol. The van der Waals surface area contributed by atoms with Gasteiger partial charge < -0.3 is 21.3 Å². The summed E-state index contributed by atoms with van der Waals surface area (Å²) in [6.45, 7) is 5.86. The number of hydrogen-bond donors (Lipinski definition) is 3. The first-order chi connectivity index (χ1) is 10.5. The molecule has 0 bridgehead atoms. The van der Waals surface area contributed by atoms with E-state index in [2.05, 4.69) is 39.4 Å². The van der Waals surface area contributed by atoms with Gasteiger partial charge in [0.2, 0.25) is 0 Å². The van der Waals surface area contributed by atoms with E-state index in [-0.39, 0.29) is 12.3 Å². The summed E-state index contributed by atoms with van der Waals surface area (Å²) in [5.41, 5.74) is 5.60. The van der Waals surface area contributed by atoms with E-state index in [1.807, 2.05) is 0 Å². The van der Waals surface area contributed by atoms with Crippen LogP contribution in [-0.2, 0) is 0 Å². The fourth-order valence-corrected chi connectivity index (χ4v) is 4.82. The van der Waals surface area contributed by atoms with E-state index in [4.69, 9.17) is 30.2 Å². The van der Waals surface area contributed by atoms with Gasteiger partial charge in [0.25, 0.3) is 0 Å². The van der Waals surface area contributed by atoms with E-state index in [1.165, 1.54) is 21.6 Å². The SMILES string of the molecule is CN1CCNCC1N(C(=S)SSC(N)=S)C1CNCCN1C. The Morgan fingerprint density at radius 3 is 1.95 bits per heavy atom. The van der Waals surface area contributed by atoms with Crippen LogP contribution in [0, 0.1) is 0 Å². The minimum atomic E-state index is 0.244. The van der Waals surface area contributed by atoms with E-state index in [1.54, 1.807) is 0 Å². The second-order valence-corrected chi connectivity index (χ2v) is 8.99. The molecule has 2 aliphatic heterocycles. The van der Waals surface area contributed by atoms with Gasteiger partial charge in [-0.3, -0.25) is 9.80 Å². The van der Waals surface area contributed by atoms with Crippen LogP contribution in [-0.4, -0.2) is 89.0 Å². The van der Waals surface area contributed by atoms with Gasteiger partial charge in [-0.2, -0.15) is 0 Å². The summed E-state index contributed by atoms with van der Waals surface area (Å²) >= 11 is 10.7. The molecule has 10 heteroatoms. The molecule has 2 rings (SSSR count). The van der Waals surface area contributed by atoms with Gasteiger partial charge in [-0.05, 0) is 35.7 Å². The zero-order valence-electron chi connectivity index (χ0n) is 12.9. The Labute approximate surface area is 151 Å². The van der Waals surface area contributed by atoms with Gasteiger partial charge in [-0.25, -0.2) is 0 Å². The summed E-state index contributed by atoms with van der Waals surface area (Å²) in [7, 11) is 7.16. The molecule has 0 spiro atoms. The Kier molecular flexibility index (Phi) is 7.61. The first kappa shape index (κ1) is 18.7. The van der Waals surface area contributed by atoms with E-state index < -0.39 is 0 Å². The molecule has 2 heterocycles. The molecule has 2 aliphatic rings. The van der Waals surface area contributed by atoms with Gasteiger partial charge in [0.05, 0.1) is 12.3 Å². The minimum absolute atomic E-state index is 0.244. The van der Waals surface area contributed by atoms with Crippen LogP contribution in [0.3, 0.4) is 0 Å². The first-order valence-electron chi connectivity index (χ1n) is 7.29. The second-order valence-electron chi connectivity index (χ2n) is 5.49. The third kappa shape index (κ3) is 4.91. The maximum absolute atomic E-state index is 5.71. The van der Waals surface area contributed by atoms with Crippen molar-refractivity contribution in [2.24, 2.45) is 5.73 Å². The molecule has 2 atom stereocenters. The van der Waals surface area contributed by atoms with E-state index in [0.29, 0.717) is 4.32 Å². The van der Waals surface area contributed by atoms with Gasteiger partial charge >= 0.3 is 0 Å². The fourth-order valence-electron chi connectivity index (χ4n) is 2.77. The van der Waals surface area contributed by atoms with Crippen molar-refractivity contribution in [3.05, 3.63) is 0 Å². The van der Waals surface area contributed by atoms with Gasteiger partial charge in [0.15, 0.2) is 0 Å². The average Bonchev–Trinajstić information content (AvgIpc) is 2.49. The molecule has 0 radical (unpaired) electrons. The molecule has 0 saturated carbocycles. The molecule has 0 aromatic rings. The lowest BCUT2D eigenvalue weighted by molar-refractivity contribution is 0.00351. The Bertz CT molecular complexity index is 387. The Morgan fingerprint density at radius 1 is 1.05 bits per heavy atom. The van der Waals surface area contributed by atoms with Gasteiger partial charge in [0.1, 0.15) is 8.64 Å². The maximum atomic E-state index is 5.71. The molecule has 0 aliphatic carbocycles. The zero-order valence-corrected chi connectivity index (χ0v) is 16.2. The number of likely N-dealkylation sites (N-methyl/N-ethyl adjacent to an activating group) is 2. The monoisotopic (exact) mass is 380 g/mol. The first-order valence-corrected chi connectivity index (χ1v) is 10.3. The van der Waals surface area contributed by atoms with Crippen LogP contribution >= 0.6 is 46.0 Å². The number of nitrogens with zero attached hydrogens (tertiary/aromatic N) is 3. The van der Waals surface area contributed by atoms with E-state index in [9.17, 15) is 0 Å². The lowest BCUT2D eigenvalue weighted by atomic mass is 10.2. The van der Waals surface area contributed by atoms with Gasteiger partial charge in [0, 0.05) is 39.3 Å². The molecule has 6 nitrogen and oxygen atoms in total. The van der Waals surface area contributed by atoms with Crippen LogP contribution in [0.5, 0.6) is 0 Å².